The first-order valence-electron chi connectivity index (χ1n) is 6.98. The third-order valence-corrected chi connectivity index (χ3v) is 3.18. The van der Waals surface area contributed by atoms with Crippen LogP contribution in [0, 0.1) is 0 Å². The summed E-state index contributed by atoms with van der Waals surface area (Å²) in [6.07, 6.45) is 1.94. The monoisotopic (exact) mass is 276 g/mol. The van der Waals surface area contributed by atoms with E-state index in [1.165, 1.54) is 0 Å². The average Bonchev–Trinajstić information content (AvgIpc) is 2.43. The highest BCUT2D eigenvalue weighted by Crippen LogP contribution is 2.23. The molecule has 20 heavy (non-hydrogen) atoms. The van der Waals surface area contributed by atoms with Crippen LogP contribution in [0.3, 0.4) is 0 Å². The largest absolute Gasteiger partial charge is 0.481 e. The van der Waals surface area contributed by atoms with Crippen LogP contribution in [0.5, 0.6) is 5.75 Å². The van der Waals surface area contributed by atoms with Crippen molar-refractivity contribution in [1.82, 2.24) is 4.90 Å². The predicted octanol–water partition coefficient (Wildman–Crippen LogP) is 2.63. The molecule has 0 spiro atoms. The topological polar surface area (TPSA) is 55.6 Å². The second-order valence-corrected chi connectivity index (χ2v) is 4.63. The van der Waals surface area contributed by atoms with Gasteiger partial charge < -0.3 is 15.4 Å². The first-order valence-corrected chi connectivity index (χ1v) is 6.98. The van der Waals surface area contributed by atoms with Crippen LogP contribution in [-0.4, -0.2) is 30.0 Å². The maximum atomic E-state index is 12.2. The number of nitrogen functional groups attached to an aromatic ring is 1. The van der Waals surface area contributed by atoms with Crippen molar-refractivity contribution < 1.29 is 9.53 Å². The minimum atomic E-state index is -0.512. The van der Waals surface area contributed by atoms with Crippen molar-refractivity contribution in [3.63, 3.8) is 0 Å². The van der Waals surface area contributed by atoms with Gasteiger partial charge in [-0.3, -0.25) is 4.79 Å². The Morgan fingerprint density at radius 3 is 2.65 bits per heavy atom. The predicted molar refractivity (Wildman–Crippen MR) is 82.8 cm³/mol. The molecule has 0 fully saturated rings. The Morgan fingerprint density at radius 1 is 1.45 bits per heavy atom. The zero-order valence-electron chi connectivity index (χ0n) is 12.6. The van der Waals surface area contributed by atoms with Crippen LogP contribution in [0.15, 0.2) is 30.9 Å². The summed E-state index contributed by atoms with van der Waals surface area (Å²) in [5.41, 5.74) is 7.40. The fraction of sp³-hybridized carbons (Fsp3) is 0.438. The number of carbonyl (C=O) groups excluding carboxylic acids is 1. The van der Waals surface area contributed by atoms with E-state index in [4.69, 9.17) is 10.5 Å². The maximum Gasteiger partial charge on any atom is 0.263 e. The van der Waals surface area contributed by atoms with Crippen molar-refractivity contribution >= 4 is 11.6 Å². The molecular formula is C16H24N2O2. The molecule has 0 aliphatic rings. The SMILES string of the molecule is C=CCc1cc(N)ccc1OC(C)C(=O)N(CC)CC. The van der Waals surface area contributed by atoms with Gasteiger partial charge in [-0.25, -0.2) is 0 Å². The van der Waals surface area contributed by atoms with Crippen LogP contribution < -0.4 is 10.5 Å². The first kappa shape index (κ1) is 16.1. The third-order valence-electron chi connectivity index (χ3n) is 3.18. The molecule has 1 aromatic rings. The van der Waals surface area contributed by atoms with Crippen molar-refractivity contribution in [2.24, 2.45) is 0 Å². The average molecular weight is 276 g/mol. The van der Waals surface area contributed by atoms with Crippen molar-refractivity contribution in [2.45, 2.75) is 33.3 Å². The molecule has 110 valence electrons. The highest BCUT2D eigenvalue weighted by atomic mass is 16.5. The van der Waals surface area contributed by atoms with E-state index in [0.29, 0.717) is 30.9 Å². The molecule has 0 aliphatic carbocycles. The number of anilines is 1. The normalized spacial score (nSPS) is 11.8. The smallest absolute Gasteiger partial charge is 0.263 e. The van der Waals surface area contributed by atoms with Crippen LogP contribution in [0.25, 0.3) is 0 Å². The molecule has 0 bridgehead atoms. The summed E-state index contributed by atoms with van der Waals surface area (Å²) in [4.78, 5) is 14.0. The van der Waals surface area contributed by atoms with Gasteiger partial charge in [0.15, 0.2) is 6.10 Å². The molecule has 0 saturated carbocycles. The molecule has 4 nitrogen and oxygen atoms in total. The summed E-state index contributed by atoms with van der Waals surface area (Å²) in [7, 11) is 0. The van der Waals surface area contributed by atoms with E-state index in [2.05, 4.69) is 6.58 Å². The number of allylic oxidation sites excluding steroid dienone is 1. The number of likely N-dealkylation sites (N-methyl/N-ethyl adjacent to an activating group) is 1. The zero-order valence-corrected chi connectivity index (χ0v) is 12.6. The van der Waals surface area contributed by atoms with E-state index in [0.717, 1.165) is 5.56 Å². The second kappa shape index (κ2) is 7.58. The Hall–Kier alpha value is -1.97. The molecule has 1 rings (SSSR count). The molecule has 1 atom stereocenters. The van der Waals surface area contributed by atoms with E-state index < -0.39 is 6.10 Å². The fourth-order valence-corrected chi connectivity index (χ4v) is 2.06. The molecule has 0 aromatic heterocycles. The zero-order chi connectivity index (χ0) is 15.1. The highest BCUT2D eigenvalue weighted by molar-refractivity contribution is 5.80. The van der Waals surface area contributed by atoms with Gasteiger partial charge in [-0.05, 0) is 51.0 Å². The van der Waals surface area contributed by atoms with Crippen molar-refractivity contribution in [2.75, 3.05) is 18.8 Å². The number of nitrogens with two attached hydrogens (primary N) is 1. The van der Waals surface area contributed by atoms with Gasteiger partial charge in [0.25, 0.3) is 5.91 Å². The van der Waals surface area contributed by atoms with E-state index in [1.807, 2.05) is 19.9 Å². The summed E-state index contributed by atoms with van der Waals surface area (Å²) in [6, 6.07) is 5.43. The van der Waals surface area contributed by atoms with Crippen LogP contribution in [0.4, 0.5) is 5.69 Å². The molecule has 1 unspecified atom stereocenters. The molecule has 0 saturated heterocycles. The van der Waals surface area contributed by atoms with Gasteiger partial charge in [-0.2, -0.15) is 0 Å². The van der Waals surface area contributed by atoms with Crippen LogP contribution >= 0.6 is 0 Å². The van der Waals surface area contributed by atoms with Crippen molar-refractivity contribution in [3.8, 4) is 5.75 Å². The number of rotatable bonds is 7. The Labute approximate surface area is 121 Å². The minimum Gasteiger partial charge on any atom is -0.481 e. The minimum absolute atomic E-state index is 0.00335. The summed E-state index contributed by atoms with van der Waals surface area (Å²) in [6.45, 7) is 10.8. The van der Waals surface area contributed by atoms with Gasteiger partial charge in [0.2, 0.25) is 0 Å². The fourth-order valence-electron chi connectivity index (χ4n) is 2.06. The summed E-state index contributed by atoms with van der Waals surface area (Å²) in [5.74, 6) is 0.684. The second-order valence-electron chi connectivity index (χ2n) is 4.63. The summed E-state index contributed by atoms with van der Waals surface area (Å²) < 4.78 is 5.80. The summed E-state index contributed by atoms with van der Waals surface area (Å²) >= 11 is 0. The van der Waals surface area contributed by atoms with Gasteiger partial charge in [0.05, 0.1) is 0 Å². The van der Waals surface area contributed by atoms with E-state index >= 15 is 0 Å². The number of hydrogen-bond donors (Lipinski definition) is 1. The van der Waals surface area contributed by atoms with E-state index in [1.54, 1.807) is 30.0 Å². The van der Waals surface area contributed by atoms with Crippen molar-refractivity contribution in [3.05, 3.63) is 36.4 Å². The first-order chi connectivity index (χ1) is 9.53. The number of nitrogens with zero attached hydrogens (tertiary/aromatic N) is 1. The Balaban J connectivity index is 2.86. The number of benzene rings is 1. The number of hydrogen-bond acceptors (Lipinski definition) is 3. The molecular weight excluding hydrogens is 252 g/mol. The lowest BCUT2D eigenvalue weighted by Gasteiger charge is -2.24. The lowest BCUT2D eigenvalue weighted by Crippen LogP contribution is -2.40. The molecule has 0 aliphatic heterocycles. The van der Waals surface area contributed by atoms with Crippen LogP contribution in [0.2, 0.25) is 0 Å². The molecule has 2 N–H and O–H groups in total. The number of ether oxygens (including phenoxy) is 1. The quantitative estimate of drug-likeness (QED) is 0.615. The third kappa shape index (κ3) is 4.02. The molecule has 1 aromatic carbocycles. The lowest BCUT2D eigenvalue weighted by atomic mass is 10.1. The number of carbonyl (C=O) groups is 1. The molecule has 0 heterocycles. The Kier molecular flexibility index (Phi) is 6.10. The van der Waals surface area contributed by atoms with Crippen LogP contribution in [-0.2, 0) is 11.2 Å². The van der Waals surface area contributed by atoms with E-state index in [9.17, 15) is 4.79 Å². The lowest BCUT2D eigenvalue weighted by molar-refractivity contribution is -0.137. The Morgan fingerprint density at radius 2 is 2.10 bits per heavy atom. The van der Waals surface area contributed by atoms with Gasteiger partial charge in [-0.15, -0.1) is 6.58 Å². The highest BCUT2D eigenvalue weighted by Gasteiger charge is 2.20. The van der Waals surface area contributed by atoms with Crippen LogP contribution in [0.1, 0.15) is 26.3 Å². The number of amides is 1. The van der Waals surface area contributed by atoms with Crippen molar-refractivity contribution in [1.29, 1.82) is 0 Å². The molecule has 1 amide bonds. The van der Waals surface area contributed by atoms with Gasteiger partial charge in [0, 0.05) is 18.8 Å². The summed E-state index contributed by atoms with van der Waals surface area (Å²) in [5, 5.41) is 0. The molecule has 4 heteroatoms. The van der Waals surface area contributed by atoms with Gasteiger partial charge in [0.1, 0.15) is 5.75 Å². The molecule has 0 radical (unpaired) electrons. The van der Waals surface area contributed by atoms with Gasteiger partial charge >= 0.3 is 0 Å². The van der Waals surface area contributed by atoms with Gasteiger partial charge in [-0.1, -0.05) is 6.08 Å². The standard InChI is InChI=1S/C16H24N2O2/c1-5-8-13-11-14(17)9-10-15(13)20-12(4)16(19)18(6-2)7-3/h5,9-12H,1,6-8,17H2,2-4H3. The maximum absolute atomic E-state index is 12.2. The Bertz CT molecular complexity index is 468. The van der Waals surface area contributed by atoms with E-state index in [-0.39, 0.29) is 5.91 Å².